The van der Waals surface area contributed by atoms with Crippen LogP contribution in [0.25, 0.3) is 0 Å². The van der Waals surface area contributed by atoms with Gasteiger partial charge in [0.05, 0.1) is 18.8 Å². The molecule has 2 N–H and O–H groups in total. The Morgan fingerprint density at radius 2 is 2.11 bits per heavy atom. The van der Waals surface area contributed by atoms with Gasteiger partial charge >= 0.3 is 0 Å². The van der Waals surface area contributed by atoms with E-state index in [2.05, 4.69) is 5.32 Å². The molecule has 0 aliphatic carbocycles. The van der Waals surface area contributed by atoms with E-state index in [0.717, 1.165) is 0 Å². The SMILES string of the molecule is COc1ccc(Cl)cc1C(=O)NCC(O)C(C)(C)C. The zero-order valence-corrected chi connectivity index (χ0v) is 12.4. The zero-order chi connectivity index (χ0) is 14.6. The summed E-state index contributed by atoms with van der Waals surface area (Å²) in [5.74, 6) is 0.134. The van der Waals surface area contributed by atoms with Crippen LogP contribution in [0.15, 0.2) is 18.2 Å². The number of halogens is 1. The van der Waals surface area contributed by atoms with Crippen molar-refractivity contribution in [1.29, 1.82) is 0 Å². The molecule has 0 saturated heterocycles. The molecule has 1 rings (SSSR count). The highest BCUT2D eigenvalue weighted by molar-refractivity contribution is 6.31. The maximum Gasteiger partial charge on any atom is 0.255 e. The third-order valence-corrected chi connectivity index (χ3v) is 3.10. The van der Waals surface area contributed by atoms with Crippen molar-refractivity contribution < 1.29 is 14.6 Å². The molecule has 0 aliphatic heterocycles. The molecule has 0 radical (unpaired) electrons. The molecule has 1 atom stereocenters. The van der Waals surface area contributed by atoms with Crippen molar-refractivity contribution in [2.24, 2.45) is 5.41 Å². The quantitative estimate of drug-likeness (QED) is 0.893. The second-order valence-electron chi connectivity index (χ2n) is 5.44. The number of carbonyl (C=O) groups excluding carboxylic acids is 1. The summed E-state index contributed by atoms with van der Waals surface area (Å²) in [6.07, 6.45) is -0.623. The Bertz CT molecular complexity index is 454. The average molecular weight is 286 g/mol. The fraction of sp³-hybridized carbons (Fsp3) is 0.500. The molecular formula is C14H20ClNO3. The van der Waals surface area contributed by atoms with E-state index in [9.17, 15) is 9.90 Å². The van der Waals surface area contributed by atoms with E-state index in [1.54, 1.807) is 18.2 Å². The lowest BCUT2D eigenvalue weighted by Gasteiger charge is -2.26. The Hall–Kier alpha value is -1.26. The molecule has 0 aliphatic rings. The Morgan fingerprint density at radius 1 is 1.47 bits per heavy atom. The number of methoxy groups -OCH3 is 1. The van der Waals surface area contributed by atoms with Crippen LogP contribution < -0.4 is 10.1 Å². The second kappa shape index (κ2) is 6.26. The van der Waals surface area contributed by atoms with Gasteiger partial charge in [-0.2, -0.15) is 0 Å². The number of rotatable bonds is 4. The third kappa shape index (κ3) is 4.40. The van der Waals surface area contributed by atoms with Crippen LogP contribution in [0.2, 0.25) is 5.02 Å². The summed E-state index contributed by atoms with van der Waals surface area (Å²) in [4.78, 5) is 12.0. The molecule has 0 fully saturated rings. The zero-order valence-electron chi connectivity index (χ0n) is 11.7. The van der Waals surface area contributed by atoms with Crippen molar-refractivity contribution in [3.63, 3.8) is 0 Å². The summed E-state index contributed by atoms with van der Waals surface area (Å²) >= 11 is 5.87. The van der Waals surface area contributed by atoms with Gasteiger partial charge in [0.2, 0.25) is 0 Å². The van der Waals surface area contributed by atoms with E-state index in [-0.39, 0.29) is 17.9 Å². The summed E-state index contributed by atoms with van der Waals surface area (Å²) in [5, 5.41) is 13.0. The van der Waals surface area contributed by atoms with Gasteiger partial charge in [0, 0.05) is 11.6 Å². The van der Waals surface area contributed by atoms with Crippen molar-refractivity contribution in [3.05, 3.63) is 28.8 Å². The first-order chi connectivity index (χ1) is 8.75. The first-order valence-corrected chi connectivity index (χ1v) is 6.43. The van der Waals surface area contributed by atoms with Gasteiger partial charge in [-0.25, -0.2) is 0 Å². The molecule has 1 aromatic carbocycles. The van der Waals surface area contributed by atoms with Crippen LogP contribution in [-0.2, 0) is 0 Å². The van der Waals surface area contributed by atoms with Crippen molar-refractivity contribution in [2.45, 2.75) is 26.9 Å². The number of hydrogen-bond donors (Lipinski definition) is 2. The smallest absolute Gasteiger partial charge is 0.255 e. The van der Waals surface area contributed by atoms with E-state index >= 15 is 0 Å². The maximum absolute atomic E-state index is 12.0. The van der Waals surface area contributed by atoms with Gasteiger partial charge in [-0.05, 0) is 23.6 Å². The number of hydrogen-bond acceptors (Lipinski definition) is 3. The van der Waals surface area contributed by atoms with Gasteiger partial charge in [0.1, 0.15) is 5.75 Å². The molecule has 1 aromatic rings. The largest absolute Gasteiger partial charge is 0.496 e. The molecule has 1 amide bonds. The topological polar surface area (TPSA) is 58.6 Å². The Kier molecular flexibility index (Phi) is 5.20. The summed E-state index contributed by atoms with van der Waals surface area (Å²) < 4.78 is 5.11. The molecule has 5 heteroatoms. The highest BCUT2D eigenvalue weighted by Gasteiger charge is 2.23. The summed E-state index contributed by atoms with van der Waals surface area (Å²) in [6, 6.07) is 4.83. The normalized spacial score (nSPS) is 12.9. The standard InChI is InChI=1S/C14H20ClNO3/c1-14(2,3)12(17)8-16-13(18)10-7-9(15)5-6-11(10)19-4/h5-7,12,17H,8H2,1-4H3,(H,16,18). The lowest BCUT2D eigenvalue weighted by atomic mass is 9.89. The van der Waals surface area contributed by atoms with Gasteiger partial charge in [0.25, 0.3) is 5.91 Å². The van der Waals surface area contributed by atoms with Crippen LogP contribution in [0.4, 0.5) is 0 Å². The molecular weight excluding hydrogens is 266 g/mol. The van der Waals surface area contributed by atoms with Gasteiger partial charge in [0.15, 0.2) is 0 Å². The highest BCUT2D eigenvalue weighted by Crippen LogP contribution is 2.23. The van der Waals surface area contributed by atoms with Gasteiger partial charge in [-0.1, -0.05) is 32.4 Å². The van der Waals surface area contributed by atoms with Crippen molar-refractivity contribution in [1.82, 2.24) is 5.32 Å². The summed E-state index contributed by atoms with van der Waals surface area (Å²) in [6.45, 7) is 5.90. The minimum absolute atomic E-state index is 0.179. The van der Waals surface area contributed by atoms with Crippen LogP contribution >= 0.6 is 11.6 Å². The van der Waals surface area contributed by atoms with Gasteiger partial charge in [-0.15, -0.1) is 0 Å². The fourth-order valence-corrected chi connectivity index (χ4v) is 1.62. The Labute approximate surface area is 118 Å². The fourth-order valence-electron chi connectivity index (χ4n) is 1.45. The molecule has 0 bridgehead atoms. The van der Waals surface area contributed by atoms with Gasteiger partial charge < -0.3 is 15.2 Å². The highest BCUT2D eigenvalue weighted by atomic mass is 35.5. The molecule has 19 heavy (non-hydrogen) atoms. The number of nitrogens with one attached hydrogen (secondary N) is 1. The van der Waals surface area contributed by atoms with E-state index in [1.165, 1.54) is 7.11 Å². The summed E-state index contributed by atoms with van der Waals surface area (Å²) in [7, 11) is 1.49. The van der Waals surface area contributed by atoms with E-state index in [1.807, 2.05) is 20.8 Å². The second-order valence-corrected chi connectivity index (χ2v) is 5.87. The monoisotopic (exact) mass is 285 g/mol. The average Bonchev–Trinajstić information content (AvgIpc) is 2.34. The minimum atomic E-state index is -0.623. The van der Waals surface area contributed by atoms with E-state index in [0.29, 0.717) is 16.3 Å². The summed E-state index contributed by atoms with van der Waals surface area (Å²) in [5.41, 5.74) is 0.0715. The molecule has 1 unspecified atom stereocenters. The Morgan fingerprint density at radius 3 is 2.63 bits per heavy atom. The number of ether oxygens (including phenoxy) is 1. The number of carbonyl (C=O) groups is 1. The molecule has 0 saturated carbocycles. The third-order valence-electron chi connectivity index (χ3n) is 2.86. The van der Waals surface area contributed by atoms with Gasteiger partial charge in [-0.3, -0.25) is 4.79 Å². The van der Waals surface area contributed by atoms with Crippen LogP contribution in [0.1, 0.15) is 31.1 Å². The predicted octanol–water partition coefficient (Wildman–Crippen LogP) is 2.49. The maximum atomic E-state index is 12.0. The van der Waals surface area contributed by atoms with E-state index < -0.39 is 6.10 Å². The number of aliphatic hydroxyl groups excluding tert-OH is 1. The first kappa shape index (κ1) is 15.8. The van der Waals surface area contributed by atoms with Crippen LogP contribution in [0.3, 0.4) is 0 Å². The minimum Gasteiger partial charge on any atom is -0.496 e. The van der Waals surface area contributed by atoms with Crippen LogP contribution in [-0.4, -0.2) is 30.8 Å². The van der Waals surface area contributed by atoms with Crippen LogP contribution in [0.5, 0.6) is 5.75 Å². The molecule has 4 nitrogen and oxygen atoms in total. The first-order valence-electron chi connectivity index (χ1n) is 6.05. The molecule has 0 aromatic heterocycles. The number of amides is 1. The van der Waals surface area contributed by atoms with Crippen molar-refractivity contribution in [3.8, 4) is 5.75 Å². The molecule has 0 heterocycles. The van der Waals surface area contributed by atoms with Crippen molar-refractivity contribution in [2.75, 3.05) is 13.7 Å². The predicted molar refractivity (Wildman–Crippen MR) is 75.8 cm³/mol. The lowest BCUT2D eigenvalue weighted by molar-refractivity contribution is 0.0586. The number of aliphatic hydroxyl groups is 1. The lowest BCUT2D eigenvalue weighted by Crippen LogP contribution is -2.39. The number of benzene rings is 1. The van der Waals surface area contributed by atoms with Crippen molar-refractivity contribution >= 4 is 17.5 Å². The van der Waals surface area contributed by atoms with E-state index in [4.69, 9.17) is 16.3 Å². The van der Waals surface area contributed by atoms with Crippen LogP contribution in [0, 0.1) is 5.41 Å². The Balaban J connectivity index is 2.76. The molecule has 106 valence electrons. The molecule has 0 spiro atoms.